The van der Waals surface area contributed by atoms with Crippen molar-refractivity contribution in [2.75, 3.05) is 40.3 Å². The second-order valence-electron chi connectivity index (χ2n) is 6.11. The first kappa shape index (κ1) is 16.5. The summed E-state index contributed by atoms with van der Waals surface area (Å²) >= 11 is 6.20. The van der Waals surface area contributed by atoms with E-state index in [1.165, 1.54) is 0 Å². The molecule has 0 saturated carbocycles. The van der Waals surface area contributed by atoms with Gasteiger partial charge < -0.3 is 14.1 Å². The van der Waals surface area contributed by atoms with Gasteiger partial charge in [0.25, 0.3) is 0 Å². The van der Waals surface area contributed by atoms with Gasteiger partial charge in [-0.25, -0.2) is 4.98 Å². The molecule has 1 saturated heterocycles. The lowest BCUT2D eigenvalue weighted by molar-refractivity contribution is -0.0410. The Morgan fingerprint density at radius 2 is 2.17 bits per heavy atom. The maximum absolute atomic E-state index is 6.20. The Morgan fingerprint density at radius 3 is 2.96 bits per heavy atom. The third-order valence-electron chi connectivity index (χ3n) is 3.83. The molecule has 1 fully saturated rings. The van der Waals surface area contributed by atoms with Gasteiger partial charge in [-0.1, -0.05) is 23.7 Å². The number of oxazole rings is 1. The molecule has 0 spiro atoms. The van der Waals surface area contributed by atoms with E-state index >= 15 is 0 Å². The Hall–Kier alpha value is -1.40. The van der Waals surface area contributed by atoms with Crippen LogP contribution in [0.4, 0.5) is 0 Å². The van der Waals surface area contributed by atoms with Gasteiger partial charge in [0.15, 0.2) is 0 Å². The zero-order valence-electron chi connectivity index (χ0n) is 13.5. The average molecular weight is 336 g/mol. The molecule has 0 unspecified atom stereocenters. The zero-order chi connectivity index (χ0) is 16.2. The van der Waals surface area contributed by atoms with E-state index in [1.807, 2.05) is 24.3 Å². The summed E-state index contributed by atoms with van der Waals surface area (Å²) in [5.74, 6) is 0.573. The normalized spacial score (nSPS) is 19.4. The molecule has 1 atom stereocenters. The van der Waals surface area contributed by atoms with Crippen LogP contribution in [0.2, 0.25) is 5.02 Å². The maximum Gasteiger partial charge on any atom is 0.227 e. The summed E-state index contributed by atoms with van der Waals surface area (Å²) in [7, 11) is 4.13. The van der Waals surface area contributed by atoms with E-state index in [2.05, 4.69) is 28.9 Å². The highest BCUT2D eigenvalue weighted by atomic mass is 35.5. The van der Waals surface area contributed by atoms with Gasteiger partial charge in [0.1, 0.15) is 6.26 Å². The molecule has 0 bridgehead atoms. The van der Waals surface area contributed by atoms with E-state index in [1.54, 1.807) is 6.26 Å². The van der Waals surface area contributed by atoms with Crippen molar-refractivity contribution in [3.8, 4) is 11.5 Å². The SMILES string of the molecule is CN(C)C[C@H]1CN(Cc2coc(-c3ccccc3Cl)n2)CCO1. The highest BCUT2D eigenvalue weighted by Crippen LogP contribution is 2.27. The molecule has 0 aliphatic carbocycles. The predicted octanol–water partition coefficient (Wildman–Crippen LogP) is 2.76. The van der Waals surface area contributed by atoms with Gasteiger partial charge in [0, 0.05) is 26.2 Å². The molecule has 1 aromatic heterocycles. The summed E-state index contributed by atoms with van der Waals surface area (Å²) in [6.07, 6.45) is 1.96. The summed E-state index contributed by atoms with van der Waals surface area (Å²) in [6.45, 7) is 4.28. The maximum atomic E-state index is 6.20. The van der Waals surface area contributed by atoms with E-state index in [0.29, 0.717) is 10.9 Å². The van der Waals surface area contributed by atoms with Crippen LogP contribution < -0.4 is 0 Å². The van der Waals surface area contributed by atoms with Gasteiger partial charge in [-0.05, 0) is 26.2 Å². The summed E-state index contributed by atoms with van der Waals surface area (Å²) in [5.41, 5.74) is 1.75. The number of ether oxygens (including phenoxy) is 1. The summed E-state index contributed by atoms with van der Waals surface area (Å²) in [5, 5.41) is 0.651. The highest BCUT2D eigenvalue weighted by Gasteiger charge is 2.22. The summed E-state index contributed by atoms with van der Waals surface area (Å²) < 4.78 is 11.4. The van der Waals surface area contributed by atoms with Crippen LogP contribution in [0.15, 0.2) is 34.9 Å². The van der Waals surface area contributed by atoms with E-state index < -0.39 is 0 Å². The van der Waals surface area contributed by atoms with Gasteiger partial charge in [-0.15, -0.1) is 0 Å². The molecular weight excluding hydrogens is 314 g/mol. The van der Waals surface area contributed by atoms with Crippen LogP contribution in [0.3, 0.4) is 0 Å². The van der Waals surface area contributed by atoms with E-state index in [0.717, 1.165) is 44.0 Å². The molecule has 124 valence electrons. The second-order valence-corrected chi connectivity index (χ2v) is 6.52. The van der Waals surface area contributed by atoms with Gasteiger partial charge in [0.2, 0.25) is 5.89 Å². The molecule has 2 heterocycles. The van der Waals surface area contributed by atoms with E-state index in [-0.39, 0.29) is 6.10 Å². The summed E-state index contributed by atoms with van der Waals surface area (Å²) in [4.78, 5) is 9.08. The Bertz CT molecular complexity index is 644. The number of hydrogen-bond donors (Lipinski definition) is 0. The topological polar surface area (TPSA) is 41.7 Å². The van der Waals surface area contributed by atoms with Crippen molar-refractivity contribution in [2.24, 2.45) is 0 Å². The van der Waals surface area contributed by atoms with Crippen molar-refractivity contribution in [3.63, 3.8) is 0 Å². The number of aromatic nitrogens is 1. The quantitative estimate of drug-likeness (QED) is 0.840. The van der Waals surface area contributed by atoms with Gasteiger partial charge in [-0.3, -0.25) is 4.90 Å². The molecule has 6 heteroatoms. The van der Waals surface area contributed by atoms with Crippen molar-refractivity contribution in [2.45, 2.75) is 12.6 Å². The molecule has 0 N–H and O–H groups in total. The van der Waals surface area contributed by atoms with E-state index in [9.17, 15) is 0 Å². The van der Waals surface area contributed by atoms with Crippen LogP contribution in [0, 0.1) is 0 Å². The first-order chi connectivity index (χ1) is 11.1. The minimum absolute atomic E-state index is 0.244. The number of likely N-dealkylation sites (N-methyl/N-ethyl adjacent to an activating group) is 1. The average Bonchev–Trinajstić information content (AvgIpc) is 2.95. The minimum atomic E-state index is 0.244. The number of benzene rings is 1. The third kappa shape index (κ3) is 4.32. The van der Waals surface area contributed by atoms with Crippen molar-refractivity contribution in [3.05, 3.63) is 41.2 Å². The van der Waals surface area contributed by atoms with Crippen molar-refractivity contribution < 1.29 is 9.15 Å². The van der Waals surface area contributed by atoms with E-state index in [4.69, 9.17) is 20.8 Å². The molecule has 2 aromatic rings. The van der Waals surface area contributed by atoms with Crippen molar-refractivity contribution >= 4 is 11.6 Å². The lowest BCUT2D eigenvalue weighted by atomic mass is 10.2. The number of morpholine rings is 1. The van der Waals surface area contributed by atoms with Crippen LogP contribution in [-0.2, 0) is 11.3 Å². The molecule has 1 aromatic carbocycles. The Kier molecular flexibility index (Phi) is 5.33. The van der Waals surface area contributed by atoms with Crippen LogP contribution in [0.1, 0.15) is 5.69 Å². The molecule has 1 aliphatic rings. The lowest BCUT2D eigenvalue weighted by Gasteiger charge is -2.33. The number of hydrogen-bond acceptors (Lipinski definition) is 5. The molecule has 3 rings (SSSR count). The first-order valence-electron chi connectivity index (χ1n) is 7.80. The molecule has 0 radical (unpaired) electrons. The van der Waals surface area contributed by atoms with Gasteiger partial charge in [-0.2, -0.15) is 0 Å². The summed E-state index contributed by atoms with van der Waals surface area (Å²) in [6, 6.07) is 7.58. The predicted molar refractivity (Wildman–Crippen MR) is 90.5 cm³/mol. The fourth-order valence-corrected chi connectivity index (χ4v) is 3.03. The second kappa shape index (κ2) is 7.45. The van der Waals surface area contributed by atoms with Gasteiger partial charge in [0.05, 0.1) is 29.0 Å². The minimum Gasteiger partial charge on any atom is -0.444 e. The smallest absolute Gasteiger partial charge is 0.227 e. The van der Waals surface area contributed by atoms with Crippen molar-refractivity contribution in [1.82, 2.24) is 14.8 Å². The fourth-order valence-electron chi connectivity index (χ4n) is 2.81. The fraction of sp³-hybridized carbons (Fsp3) is 0.471. The van der Waals surface area contributed by atoms with Crippen LogP contribution in [-0.4, -0.2) is 61.2 Å². The lowest BCUT2D eigenvalue weighted by Crippen LogP contribution is -2.46. The molecule has 1 aliphatic heterocycles. The first-order valence-corrected chi connectivity index (χ1v) is 8.17. The number of nitrogens with zero attached hydrogens (tertiary/aromatic N) is 3. The molecule has 23 heavy (non-hydrogen) atoms. The standard InChI is InChI=1S/C17H22ClN3O2/c1-20(2)10-14-11-21(7-8-22-14)9-13-12-23-17(19-13)15-5-3-4-6-16(15)18/h3-6,12,14H,7-11H2,1-2H3/t14-/m0/s1. The molecule has 5 nitrogen and oxygen atoms in total. The largest absolute Gasteiger partial charge is 0.444 e. The Morgan fingerprint density at radius 1 is 1.35 bits per heavy atom. The molecular formula is C17H22ClN3O2. The van der Waals surface area contributed by atoms with Crippen LogP contribution in [0.25, 0.3) is 11.5 Å². The zero-order valence-corrected chi connectivity index (χ0v) is 14.3. The number of halogens is 1. The highest BCUT2D eigenvalue weighted by molar-refractivity contribution is 6.33. The Labute approximate surface area is 141 Å². The van der Waals surface area contributed by atoms with Gasteiger partial charge >= 0.3 is 0 Å². The number of rotatable bonds is 5. The Balaban J connectivity index is 1.64. The van der Waals surface area contributed by atoms with Crippen molar-refractivity contribution in [1.29, 1.82) is 0 Å². The van der Waals surface area contributed by atoms with Crippen LogP contribution in [0.5, 0.6) is 0 Å². The molecule has 0 amide bonds. The third-order valence-corrected chi connectivity index (χ3v) is 4.16. The monoisotopic (exact) mass is 335 g/mol. The van der Waals surface area contributed by atoms with Crippen LogP contribution >= 0.6 is 11.6 Å².